The number of fused-ring (bicyclic) bond motifs is 1. The highest BCUT2D eigenvalue weighted by Crippen LogP contribution is 2.33. The highest BCUT2D eigenvalue weighted by molar-refractivity contribution is 6.34. The van der Waals surface area contributed by atoms with Gasteiger partial charge in [0.25, 0.3) is 5.91 Å². The summed E-state index contributed by atoms with van der Waals surface area (Å²) in [6.45, 7) is 0. The van der Waals surface area contributed by atoms with Crippen LogP contribution in [0.4, 0.5) is 5.69 Å². The Hall–Kier alpha value is -2.00. The molecular formula is C14H11ClN2O. The van der Waals surface area contributed by atoms with E-state index in [1.807, 2.05) is 36.5 Å². The average molecular weight is 259 g/mol. The monoisotopic (exact) mass is 258 g/mol. The molecule has 18 heavy (non-hydrogen) atoms. The molecule has 1 aliphatic heterocycles. The Morgan fingerprint density at radius 3 is 2.94 bits per heavy atom. The lowest BCUT2D eigenvalue weighted by molar-refractivity contribution is -0.110. The van der Waals surface area contributed by atoms with E-state index in [2.05, 4.69) is 10.3 Å². The summed E-state index contributed by atoms with van der Waals surface area (Å²) in [6, 6.07) is 9.34. The Morgan fingerprint density at radius 1 is 1.28 bits per heavy atom. The van der Waals surface area contributed by atoms with Crippen LogP contribution in [0, 0.1) is 0 Å². The maximum Gasteiger partial charge on any atom is 0.256 e. The third-order valence-electron chi connectivity index (χ3n) is 2.95. The average Bonchev–Trinajstić information content (AvgIpc) is 2.94. The first-order valence-electron chi connectivity index (χ1n) is 5.68. The Bertz CT molecular complexity index is 629. The van der Waals surface area contributed by atoms with Crippen molar-refractivity contribution in [2.45, 2.75) is 6.42 Å². The molecule has 4 heteroatoms. The van der Waals surface area contributed by atoms with Crippen molar-refractivity contribution in [1.29, 1.82) is 0 Å². The standard InChI is InChI=1S/C14H11ClN2O/c15-9-3-6-13-12(8-9)11(14(18)17-13)5-4-10-2-1-7-16-10/h1-3,5-8,16H,4H2,(H,17,18). The Kier molecular flexibility index (Phi) is 2.68. The van der Waals surface area contributed by atoms with Crippen molar-refractivity contribution >= 4 is 28.8 Å². The highest BCUT2D eigenvalue weighted by atomic mass is 35.5. The van der Waals surface area contributed by atoms with E-state index in [0.717, 1.165) is 16.9 Å². The summed E-state index contributed by atoms with van der Waals surface area (Å²) >= 11 is 5.96. The second-order valence-corrected chi connectivity index (χ2v) is 4.60. The minimum absolute atomic E-state index is 0.0705. The lowest BCUT2D eigenvalue weighted by atomic mass is 10.1. The molecule has 0 unspecified atom stereocenters. The van der Waals surface area contributed by atoms with Gasteiger partial charge in [-0.3, -0.25) is 4.79 Å². The van der Waals surface area contributed by atoms with E-state index in [0.29, 0.717) is 17.0 Å². The van der Waals surface area contributed by atoms with E-state index in [9.17, 15) is 4.79 Å². The van der Waals surface area contributed by atoms with Crippen molar-refractivity contribution < 1.29 is 4.79 Å². The van der Waals surface area contributed by atoms with Crippen LogP contribution >= 0.6 is 11.6 Å². The van der Waals surface area contributed by atoms with Crippen molar-refractivity contribution in [3.05, 3.63) is 58.9 Å². The van der Waals surface area contributed by atoms with Gasteiger partial charge in [-0.15, -0.1) is 0 Å². The van der Waals surface area contributed by atoms with Gasteiger partial charge in [0.2, 0.25) is 0 Å². The zero-order valence-electron chi connectivity index (χ0n) is 9.53. The van der Waals surface area contributed by atoms with Gasteiger partial charge in [0.05, 0.1) is 0 Å². The number of hydrogen-bond acceptors (Lipinski definition) is 1. The van der Waals surface area contributed by atoms with Crippen molar-refractivity contribution in [2.24, 2.45) is 0 Å². The molecule has 90 valence electrons. The molecule has 2 heterocycles. The Morgan fingerprint density at radius 2 is 2.17 bits per heavy atom. The number of aromatic nitrogens is 1. The lowest BCUT2D eigenvalue weighted by Crippen LogP contribution is -2.03. The first-order chi connectivity index (χ1) is 8.74. The van der Waals surface area contributed by atoms with E-state index in [1.54, 1.807) is 6.07 Å². The quantitative estimate of drug-likeness (QED) is 0.798. The van der Waals surface area contributed by atoms with Crippen LogP contribution in [0.5, 0.6) is 0 Å². The van der Waals surface area contributed by atoms with Crippen molar-refractivity contribution in [1.82, 2.24) is 4.98 Å². The highest BCUT2D eigenvalue weighted by Gasteiger charge is 2.23. The van der Waals surface area contributed by atoms with Crippen LogP contribution in [0.3, 0.4) is 0 Å². The summed E-state index contributed by atoms with van der Waals surface area (Å²) in [4.78, 5) is 15.0. The molecule has 1 amide bonds. The molecule has 2 aromatic rings. The summed E-state index contributed by atoms with van der Waals surface area (Å²) in [5, 5.41) is 3.46. The number of nitrogens with one attached hydrogen (secondary N) is 2. The van der Waals surface area contributed by atoms with Gasteiger partial charge in [0.1, 0.15) is 0 Å². The van der Waals surface area contributed by atoms with Gasteiger partial charge in [-0.2, -0.15) is 0 Å². The summed E-state index contributed by atoms with van der Waals surface area (Å²) in [5.74, 6) is -0.0705. The molecule has 0 fully saturated rings. The second-order valence-electron chi connectivity index (χ2n) is 4.16. The zero-order chi connectivity index (χ0) is 12.5. The fraction of sp³-hybridized carbons (Fsp3) is 0.0714. The Labute approximate surface area is 109 Å². The molecule has 0 spiro atoms. The van der Waals surface area contributed by atoms with Crippen molar-refractivity contribution in [3.8, 4) is 0 Å². The minimum atomic E-state index is -0.0705. The van der Waals surface area contributed by atoms with Crippen molar-refractivity contribution in [3.63, 3.8) is 0 Å². The van der Waals surface area contributed by atoms with Crippen LogP contribution in [0.2, 0.25) is 5.02 Å². The summed E-state index contributed by atoms with van der Waals surface area (Å²) in [7, 11) is 0. The molecule has 1 aromatic heterocycles. The van der Waals surface area contributed by atoms with E-state index in [-0.39, 0.29) is 5.91 Å². The number of anilines is 1. The topological polar surface area (TPSA) is 44.9 Å². The van der Waals surface area contributed by atoms with Gasteiger partial charge in [-0.05, 0) is 30.3 Å². The number of amides is 1. The number of hydrogen-bond donors (Lipinski definition) is 2. The van der Waals surface area contributed by atoms with Crippen LogP contribution < -0.4 is 5.32 Å². The number of rotatable bonds is 2. The summed E-state index contributed by atoms with van der Waals surface area (Å²) in [6.07, 6.45) is 4.48. The van der Waals surface area contributed by atoms with Crippen LogP contribution in [-0.4, -0.2) is 10.9 Å². The first-order valence-corrected chi connectivity index (χ1v) is 6.05. The van der Waals surface area contributed by atoms with E-state index in [4.69, 9.17) is 11.6 Å². The van der Waals surface area contributed by atoms with Gasteiger partial charge in [-0.1, -0.05) is 17.7 Å². The van der Waals surface area contributed by atoms with Gasteiger partial charge in [-0.25, -0.2) is 0 Å². The molecule has 0 saturated carbocycles. The third-order valence-corrected chi connectivity index (χ3v) is 3.19. The van der Waals surface area contributed by atoms with Crippen molar-refractivity contribution in [2.75, 3.05) is 5.32 Å². The molecule has 3 nitrogen and oxygen atoms in total. The number of allylic oxidation sites excluding steroid dienone is 1. The first kappa shape index (κ1) is 11.1. The molecule has 1 aromatic carbocycles. The van der Waals surface area contributed by atoms with Gasteiger partial charge >= 0.3 is 0 Å². The molecule has 0 atom stereocenters. The summed E-state index contributed by atoms with van der Waals surface area (Å²) < 4.78 is 0. The predicted octanol–water partition coefficient (Wildman–Crippen LogP) is 3.25. The number of carbonyl (C=O) groups is 1. The number of carbonyl (C=O) groups excluding carboxylic acids is 1. The van der Waals surface area contributed by atoms with E-state index >= 15 is 0 Å². The number of aromatic amines is 1. The number of benzene rings is 1. The van der Waals surface area contributed by atoms with Crippen LogP contribution in [0.1, 0.15) is 11.3 Å². The van der Waals surface area contributed by atoms with Gasteiger partial charge in [0, 0.05) is 40.2 Å². The molecule has 0 radical (unpaired) electrons. The largest absolute Gasteiger partial charge is 0.365 e. The minimum Gasteiger partial charge on any atom is -0.365 e. The smallest absolute Gasteiger partial charge is 0.256 e. The van der Waals surface area contributed by atoms with E-state index in [1.165, 1.54) is 0 Å². The van der Waals surface area contributed by atoms with Gasteiger partial charge in [0.15, 0.2) is 0 Å². The molecule has 0 saturated heterocycles. The molecule has 2 N–H and O–H groups in total. The maximum absolute atomic E-state index is 11.9. The third kappa shape index (κ3) is 1.93. The van der Waals surface area contributed by atoms with Crippen LogP contribution in [-0.2, 0) is 11.2 Å². The Balaban J connectivity index is 1.95. The number of H-pyrrole nitrogens is 1. The van der Waals surface area contributed by atoms with Crippen LogP contribution in [0.15, 0.2) is 42.6 Å². The second kappa shape index (κ2) is 4.35. The molecule has 0 bridgehead atoms. The molecule has 1 aliphatic rings. The molecular weight excluding hydrogens is 248 g/mol. The fourth-order valence-corrected chi connectivity index (χ4v) is 2.24. The lowest BCUT2D eigenvalue weighted by Gasteiger charge is -1.98. The van der Waals surface area contributed by atoms with E-state index < -0.39 is 0 Å². The predicted molar refractivity (Wildman–Crippen MR) is 72.6 cm³/mol. The summed E-state index contributed by atoms with van der Waals surface area (Å²) in [5.41, 5.74) is 3.45. The van der Waals surface area contributed by atoms with Crippen LogP contribution in [0.25, 0.3) is 5.57 Å². The SMILES string of the molecule is O=C1Nc2ccc(Cl)cc2C1=CCc1ccc[nH]1. The molecule has 0 aliphatic carbocycles. The number of halogens is 1. The maximum atomic E-state index is 11.9. The van der Waals surface area contributed by atoms with Gasteiger partial charge < -0.3 is 10.3 Å². The normalized spacial score (nSPS) is 15.8. The fourth-order valence-electron chi connectivity index (χ4n) is 2.07. The molecule has 3 rings (SSSR count). The zero-order valence-corrected chi connectivity index (χ0v) is 10.3.